The van der Waals surface area contributed by atoms with Crippen LogP contribution < -0.4 is 10.2 Å². The Balaban J connectivity index is 1.71. The maximum Gasteiger partial charge on any atom is 0.269 e. The van der Waals surface area contributed by atoms with E-state index in [0.717, 1.165) is 10.0 Å². The molecule has 9 heteroatoms. The third kappa shape index (κ3) is 5.48. The van der Waals surface area contributed by atoms with Gasteiger partial charge in [-0.05, 0) is 72.6 Å². The summed E-state index contributed by atoms with van der Waals surface area (Å²) in [5.41, 5.74) is 1.84. The van der Waals surface area contributed by atoms with E-state index in [1.807, 2.05) is 18.2 Å². The predicted octanol–water partition coefficient (Wildman–Crippen LogP) is 6.82. The highest BCUT2D eigenvalue weighted by Gasteiger charge is 2.40. The van der Waals surface area contributed by atoms with Crippen LogP contribution in [0.1, 0.15) is 5.56 Å². The van der Waals surface area contributed by atoms with E-state index in [2.05, 4.69) is 21.2 Å². The van der Waals surface area contributed by atoms with Gasteiger partial charge in [0.1, 0.15) is 16.7 Å². The summed E-state index contributed by atoms with van der Waals surface area (Å²) in [4.78, 5) is 28.0. The number of nitrogens with zero attached hydrogens (tertiary/aromatic N) is 2. The summed E-state index contributed by atoms with van der Waals surface area (Å²) in [6, 6.07) is 23.0. The van der Waals surface area contributed by atoms with Crippen molar-refractivity contribution in [3.63, 3.8) is 0 Å². The smallest absolute Gasteiger partial charge is 0.269 e. The molecular weight excluding hydrogens is 557 g/mol. The summed E-state index contributed by atoms with van der Waals surface area (Å²) < 4.78 is 0.847. The van der Waals surface area contributed by atoms with Crippen molar-refractivity contribution in [2.24, 2.45) is 0 Å². The summed E-state index contributed by atoms with van der Waals surface area (Å²) in [5.74, 6) is -0.807. The minimum atomic E-state index is -0.602. The van der Waals surface area contributed by atoms with Crippen molar-refractivity contribution in [3.8, 4) is 6.07 Å². The van der Waals surface area contributed by atoms with Crippen molar-refractivity contribution < 1.29 is 9.59 Å². The van der Waals surface area contributed by atoms with Crippen LogP contribution in [0.3, 0.4) is 0 Å². The number of anilines is 2. The number of halogens is 3. The Kier molecular flexibility index (Phi) is 7.64. The number of amides is 2. The van der Waals surface area contributed by atoms with Gasteiger partial charge in [-0.3, -0.25) is 14.5 Å². The van der Waals surface area contributed by atoms with Crippen LogP contribution in [0, 0.1) is 11.3 Å². The van der Waals surface area contributed by atoms with Crippen molar-refractivity contribution in [1.29, 1.82) is 5.26 Å². The van der Waals surface area contributed by atoms with Crippen molar-refractivity contribution in [1.82, 2.24) is 0 Å². The van der Waals surface area contributed by atoms with Crippen molar-refractivity contribution in [2.75, 3.05) is 10.2 Å². The Morgan fingerprint density at radius 3 is 2.18 bits per heavy atom. The molecule has 2 amide bonds. The SMILES string of the molecule is N#CC(C(=O)Nc1ccc(Cl)cc1)=C1SC(Cc2ccc(Cl)cc2)C(=O)N1c1ccc(Br)cc1. The molecule has 1 unspecified atom stereocenters. The molecule has 0 radical (unpaired) electrons. The molecule has 1 atom stereocenters. The second-order valence-electron chi connectivity index (χ2n) is 7.34. The van der Waals surface area contributed by atoms with Gasteiger partial charge in [0.15, 0.2) is 0 Å². The van der Waals surface area contributed by atoms with Gasteiger partial charge in [-0.1, -0.05) is 63.0 Å². The Hall–Kier alpha value is -2.76. The van der Waals surface area contributed by atoms with Gasteiger partial charge in [0.05, 0.1) is 5.25 Å². The fraction of sp³-hybridized carbons (Fsp3) is 0.0800. The molecule has 34 heavy (non-hydrogen) atoms. The summed E-state index contributed by atoms with van der Waals surface area (Å²) in [6.45, 7) is 0. The average molecular weight is 573 g/mol. The molecule has 1 N–H and O–H groups in total. The van der Waals surface area contributed by atoms with Crippen LogP contribution in [0.25, 0.3) is 0 Å². The number of nitrogens with one attached hydrogen (secondary N) is 1. The Morgan fingerprint density at radius 1 is 1.00 bits per heavy atom. The summed E-state index contributed by atoms with van der Waals surface area (Å²) in [5, 5.41) is 13.5. The topological polar surface area (TPSA) is 73.2 Å². The Bertz CT molecular complexity index is 1300. The first-order chi connectivity index (χ1) is 16.4. The normalized spacial score (nSPS) is 16.8. The number of hydrogen-bond donors (Lipinski definition) is 1. The van der Waals surface area contributed by atoms with Gasteiger partial charge in [0.25, 0.3) is 5.91 Å². The zero-order valence-electron chi connectivity index (χ0n) is 17.5. The van der Waals surface area contributed by atoms with Crippen LogP contribution in [0.5, 0.6) is 0 Å². The molecule has 1 saturated heterocycles. The Morgan fingerprint density at radius 2 is 1.59 bits per heavy atom. The highest BCUT2D eigenvalue weighted by Crippen LogP contribution is 2.42. The third-order valence-electron chi connectivity index (χ3n) is 5.03. The zero-order valence-corrected chi connectivity index (χ0v) is 21.4. The fourth-order valence-electron chi connectivity index (χ4n) is 3.37. The molecule has 0 aliphatic carbocycles. The molecular formula is C25H16BrCl2N3O2S. The van der Waals surface area contributed by atoms with Gasteiger partial charge in [-0.15, -0.1) is 0 Å². The van der Waals surface area contributed by atoms with Crippen LogP contribution in [0.2, 0.25) is 10.0 Å². The highest BCUT2D eigenvalue weighted by molar-refractivity contribution is 9.10. The Labute approximate surface area is 219 Å². The molecule has 1 aliphatic heterocycles. The molecule has 1 fully saturated rings. The number of nitriles is 1. The number of carbonyl (C=O) groups excluding carboxylic acids is 2. The van der Waals surface area contributed by atoms with Gasteiger partial charge in [-0.25, -0.2) is 0 Å². The van der Waals surface area contributed by atoms with Gasteiger partial charge in [-0.2, -0.15) is 5.26 Å². The first-order valence-corrected chi connectivity index (χ1v) is 12.5. The molecule has 0 saturated carbocycles. The standard InChI is InChI=1S/C25H16BrCl2N3O2S/c26-16-3-11-20(12-4-16)31-24(33)22(13-15-1-5-17(27)6-2-15)34-25(31)21(14-29)23(32)30-19-9-7-18(28)8-10-19/h1-12,22H,13H2,(H,30,32). The molecule has 5 nitrogen and oxygen atoms in total. The van der Waals surface area contributed by atoms with Gasteiger partial charge in [0, 0.05) is 25.9 Å². The summed E-state index contributed by atoms with van der Waals surface area (Å²) >= 11 is 16.5. The lowest BCUT2D eigenvalue weighted by Crippen LogP contribution is -2.30. The second-order valence-corrected chi connectivity index (χ2v) is 10.3. The van der Waals surface area contributed by atoms with Gasteiger partial charge < -0.3 is 5.32 Å². The number of hydrogen-bond acceptors (Lipinski definition) is 4. The van der Waals surface area contributed by atoms with E-state index in [1.54, 1.807) is 60.7 Å². The minimum absolute atomic E-state index is 0.144. The van der Waals surface area contributed by atoms with E-state index in [1.165, 1.54) is 16.7 Å². The van der Waals surface area contributed by atoms with Crippen LogP contribution in [0.15, 0.2) is 87.9 Å². The molecule has 0 spiro atoms. The maximum atomic E-state index is 13.5. The zero-order chi connectivity index (χ0) is 24.2. The van der Waals surface area contributed by atoms with Gasteiger partial charge >= 0.3 is 0 Å². The van der Waals surface area contributed by atoms with Crippen LogP contribution in [0.4, 0.5) is 11.4 Å². The van der Waals surface area contributed by atoms with E-state index in [0.29, 0.717) is 32.9 Å². The van der Waals surface area contributed by atoms with Crippen LogP contribution in [-0.2, 0) is 16.0 Å². The van der Waals surface area contributed by atoms with E-state index < -0.39 is 11.2 Å². The molecule has 3 aromatic rings. The van der Waals surface area contributed by atoms with E-state index in [4.69, 9.17) is 23.2 Å². The van der Waals surface area contributed by atoms with Crippen LogP contribution >= 0.6 is 50.9 Å². The summed E-state index contributed by atoms with van der Waals surface area (Å²) in [6.07, 6.45) is 0.425. The van der Waals surface area contributed by atoms with E-state index in [-0.39, 0.29) is 11.5 Å². The fourth-order valence-corrected chi connectivity index (χ4v) is 5.20. The lowest BCUT2D eigenvalue weighted by molar-refractivity contribution is -0.117. The molecule has 0 bridgehead atoms. The summed E-state index contributed by atoms with van der Waals surface area (Å²) in [7, 11) is 0. The molecule has 4 rings (SSSR count). The first kappa shape index (κ1) is 24.4. The largest absolute Gasteiger partial charge is 0.321 e. The second kappa shape index (κ2) is 10.7. The number of thioether (sulfide) groups is 1. The monoisotopic (exact) mass is 571 g/mol. The van der Waals surface area contributed by atoms with Crippen LogP contribution in [-0.4, -0.2) is 17.1 Å². The first-order valence-electron chi connectivity index (χ1n) is 10.1. The van der Waals surface area contributed by atoms with Crippen molar-refractivity contribution in [3.05, 3.63) is 103 Å². The minimum Gasteiger partial charge on any atom is -0.321 e. The molecule has 0 aromatic heterocycles. The molecule has 1 aliphatic rings. The molecule has 3 aromatic carbocycles. The quantitative estimate of drug-likeness (QED) is 0.269. The molecule has 1 heterocycles. The lowest BCUT2D eigenvalue weighted by atomic mass is 10.1. The third-order valence-corrected chi connectivity index (χ3v) is 7.32. The predicted molar refractivity (Wildman–Crippen MR) is 141 cm³/mol. The average Bonchev–Trinajstić information content (AvgIpc) is 3.13. The van der Waals surface area contributed by atoms with E-state index >= 15 is 0 Å². The number of benzene rings is 3. The maximum absolute atomic E-state index is 13.5. The number of carbonyl (C=O) groups is 2. The van der Waals surface area contributed by atoms with Crippen molar-refractivity contribution in [2.45, 2.75) is 11.7 Å². The molecule has 170 valence electrons. The lowest BCUT2D eigenvalue weighted by Gasteiger charge is -2.19. The van der Waals surface area contributed by atoms with E-state index in [9.17, 15) is 14.9 Å². The van der Waals surface area contributed by atoms with Gasteiger partial charge in [0.2, 0.25) is 5.91 Å². The highest BCUT2D eigenvalue weighted by atomic mass is 79.9. The van der Waals surface area contributed by atoms with Crippen molar-refractivity contribution >= 4 is 74.1 Å². The number of rotatable bonds is 5.